The van der Waals surface area contributed by atoms with Gasteiger partial charge in [-0.1, -0.05) is 53.5 Å². The molecule has 9 heteroatoms. The smallest absolute Gasteiger partial charge is 0.282 e. The van der Waals surface area contributed by atoms with E-state index in [1.807, 2.05) is 0 Å². The number of ketones is 1. The van der Waals surface area contributed by atoms with Gasteiger partial charge >= 0.3 is 0 Å². The molecular formula is C23H16Cl2N2O4S. The van der Waals surface area contributed by atoms with E-state index in [-0.39, 0.29) is 26.8 Å². The van der Waals surface area contributed by atoms with Gasteiger partial charge in [0, 0.05) is 16.0 Å². The number of nitrogens with zero attached hydrogens (tertiary/aromatic N) is 1. The van der Waals surface area contributed by atoms with Crippen LogP contribution in [0.4, 0.5) is 0 Å². The SMILES string of the molecule is COc1ccc(S(=O)(=O)N=c2cc(C(=O)c3ccccc3)[nH]c3cc(Cl)cc(Cl)c23)cc1. The molecule has 1 heterocycles. The third-order valence-electron chi connectivity index (χ3n) is 4.72. The molecular weight excluding hydrogens is 471 g/mol. The number of pyridine rings is 1. The zero-order valence-corrected chi connectivity index (χ0v) is 19.0. The maximum absolute atomic E-state index is 13.0. The van der Waals surface area contributed by atoms with Crippen molar-refractivity contribution in [2.45, 2.75) is 4.90 Å². The molecule has 4 rings (SSSR count). The van der Waals surface area contributed by atoms with Crippen molar-refractivity contribution >= 4 is 49.9 Å². The monoisotopic (exact) mass is 486 g/mol. The number of hydrogen-bond donors (Lipinski definition) is 1. The van der Waals surface area contributed by atoms with Crippen molar-refractivity contribution in [2.75, 3.05) is 7.11 Å². The lowest BCUT2D eigenvalue weighted by Crippen LogP contribution is -2.15. The first-order valence-corrected chi connectivity index (χ1v) is 11.5. The summed E-state index contributed by atoms with van der Waals surface area (Å²) in [6, 6.07) is 18.8. The van der Waals surface area contributed by atoms with Crippen LogP contribution in [0, 0.1) is 0 Å². The van der Waals surface area contributed by atoms with Crippen LogP contribution in [0.25, 0.3) is 10.9 Å². The Morgan fingerprint density at radius 2 is 1.66 bits per heavy atom. The van der Waals surface area contributed by atoms with E-state index >= 15 is 0 Å². The predicted octanol–water partition coefficient (Wildman–Crippen LogP) is 5.00. The predicted molar refractivity (Wildman–Crippen MR) is 124 cm³/mol. The summed E-state index contributed by atoms with van der Waals surface area (Å²) in [4.78, 5) is 16.0. The number of sulfonamides is 1. The van der Waals surface area contributed by atoms with E-state index in [4.69, 9.17) is 27.9 Å². The number of hydrogen-bond acceptors (Lipinski definition) is 4. The standard InChI is InChI=1S/C23H16Cl2N2O4S/c1-31-16-7-9-17(10-8-16)32(29,30)27-20-13-21(23(28)14-5-3-2-4-6-14)26-19-12-15(24)11-18(25)22(19)20/h2-13H,1H3,(H,26,27). The Morgan fingerprint density at radius 1 is 0.969 bits per heavy atom. The fourth-order valence-corrected chi connectivity index (χ4v) is 4.77. The molecule has 1 aromatic heterocycles. The van der Waals surface area contributed by atoms with E-state index in [2.05, 4.69) is 9.38 Å². The summed E-state index contributed by atoms with van der Waals surface area (Å²) in [6.45, 7) is 0. The fraction of sp³-hybridized carbons (Fsp3) is 0.0435. The molecule has 3 aromatic carbocycles. The van der Waals surface area contributed by atoms with Gasteiger partial charge in [0.05, 0.1) is 33.6 Å². The van der Waals surface area contributed by atoms with Crippen LogP contribution in [0.1, 0.15) is 16.1 Å². The zero-order chi connectivity index (χ0) is 22.9. The number of halogens is 2. The van der Waals surface area contributed by atoms with Gasteiger partial charge in [-0.2, -0.15) is 12.8 Å². The third-order valence-corrected chi connectivity index (χ3v) is 6.54. The van der Waals surface area contributed by atoms with Crippen molar-refractivity contribution < 1.29 is 17.9 Å². The van der Waals surface area contributed by atoms with E-state index in [1.165, 1.54) is 43.5 Å². The molecule has 0 spiro atoms. The molecule has 6 nitrogen and oxygen atoms in total. The van der Waals surface area contributed by atoms with Crippen LogP contribution in [-0.4, -0.2) is 26.3 Å². The molecule has 0 aliphatic rings. The molecule has 0 fully saturated rings. The minimum absolute atomic E-state index is 0.0236. The van der Waals surface area contributed by atoms with Gasteiger partial charge in [-0.3, -0.25) is 4.79 Å². The molecule has 0 aliphatic carbocycles. The second-order valence-electron chi connectivity index (χ2n) is 6.82. The third kappa shape index (κ3) is 4.41. The lowest BCUT2D eigenvalue weighted by atomic mass is 10.1. The second kappa shape index (κ2) is 8.78. The van der Waals surface area contributed by atoms with E-state index in [9.17, 15) is 13.2 Å². The first-order chi connectivity index (χ1) is 15.3. The Labute approximate surface area is 194 Å². The second-order valence-corrected chi connectivity index (χ2v) is 9.26. The number of nitrogens with one attached hydrogen (secondary N) is 1. The molecule has 1 N–H and O–H groups in total. The quantitative estimate of drug-likeness (QED) is 0.401. The highest BCUT2D eigenvalue weighted by Crippen LogP contribution is 2.26. The van der Waals surface area contributed by atoms with Crippen LogP contribution in [-0.2, 0) is 10.0 Å². The van der Waals surface area contributed by atoms with Crippen LogP contribution in [0.2, 0.25) is 10.0 Å². The van der Waals surface area contributed by atoms with Crippen LogP contribution in [0.15, 0.2) is 82.1 Å². The summed E-state index contributed by atoms with van der Waals surface area (Å²) in [6.07, 6.45) is 0. The fourth-order valence-electron chi connectivity index (χ4n) is 3.19. The number of fused-ring (bicyclic) bond motifs is 1. The van der Waals surface area contributed by atoms with Crippen molar-refractivity contribution in [1.29, 1.82) is 0 Å². The van der Waals surface area contributed by atoms with Crippen molar-refractivity contribution in [3.8, 4) is 5.75 Å². The molecule has 0 bridgehead atoms. The number of rotatable bonds is 5. The van der Waals surface area contributed by atoms with E-state index in [0.29, 0.717) is 27.2 Å². The topological polar surface area (TPSA) is 88.6 Å². The number of methoxy groups -OCH3 is 1. The lowest BCUT2D eigenvalue weighted by Gasteiger charge is -2.08. The van der Waals surface area contributed by atoms with E-state index < -0.39 is 10.0 Å². The number of aromatic amines is 1. The Morgan fingerprint density at radius 3 is 2.31 bits per heavy atom. The molecule has 162 valence electrons. The number of carbonyl (C=O) groups is 1. The number of ether oxygens (including phenoxy) is 1. The summed E-state index contributed by atoms with van der Waals surface area (Å²) < 4.78 is 35.1. The van der Waals surface area contributed by atoms with E-state index in [0.717, 1.165) is 0 Å². The maximum atomic E-state index is 13.0. The highest BCUT2D eigenvalue weighted by molar-refractivity contribution is 7.90. The van der Waals surface area contributed by atoms with Gasteiger partial charge in [0.25, 0.3) is 10.0 Å². The van der Waals surface area contributed by atoms with Gasteiger partial charge in [-0.05, 0) is 42.5 Å². The largest absolute Gasteiger partial charge is 0.497 e. The zero-order valence-electron chi connectivity index (χ0n) is 16.7. The van der Waals surface area contributed by atoms with Gasteiger partial charge in [-0.15, -0.1) is 0 Å². The molecule has 0 saturated heterocycles. The minimum atomic E-state index is -4.11. The van der Waals surface area contributed by atoms with Crippen LogP contribution < -0.4 is 10.1 Å². The summed E-state index contributed by atoms with van der Waals surface area (Å²) in [5.74, 6) is 0.180. The molecule has 0 aliphatic heterocycles. The lowest BCUT2D eigenvalue weighted by molar-refractivity contribution is 0.103. The number of benzene rings is 3. The Hall–Kier alpha value is -3.13. The molecule has 0 saturated carbocycles. The Bertz CT molecular complexity index is 1500. The summed E-state index contributed by atoms with van der Waals surface area (Å²) in [5.41, 5.74) is 0.957. The molecule has 0 amide bonds. The van der Waals surface area contributed by atoms with Crippen LogP contribution in [0.5, 0.6) is 5.75 Å². The number of H-pyrrole nitrogens is 1. The van der Waals surface area contributed by atoms with Gasteiger partial charge in [0.1, 0.15) is 5.75 Å². The van der Waals surface area contributed by atoms with Crippen molar-refractivity contribution in [3.05, 3.63) is 99.5 Å². The number of aromatic nitrogens is 1. The molecule has 32 heavy (non-hydrogen) atoms. The molecule has 0 unspecified atom stereocenters. The average molecular weight is 487 g/mol. The number of carbonyl (C=O) groups excluding carboxylic acids is 1. The van der Waals surface area contributed by atoms with Gasteiger partial charge in [0.2, 0.25) is 5.78 Å². The Balaban J connectivity index is 1.97. The van der Waals surface area contributed by atoms with Gasteiger partial charge in [-0.25, -0.2) is 0 Å². The van der Waals surface area contributed by atoms with Crippen molar-refractivity contribution in [3.63, 3.8) is 0 Å². The van der Waals surface area contributed by atoms with Crippen molar-refractivity contribution in [1.82, 2.24) is 4.98 Å². The Kier molecular flexibility index (Phi) is 6.06. The van der Waals surface area contributed by atoms with E-state index in [1.54, 1.807) is 36.4 Å². The summed E-state index contributed by atoms with van der Waals surface area (Å²) in [7, 11) is -2.63. The molecule has 0 radical (unpaired) electrons. The van der Waals surface area contributed by atoms with Crippen LogP contribution in [0.3, 0.4) is 0 Å². The molecule has 0 atom stereocenters. The van der Waals surface area contributed by atoms with Gasteiger partial charge < -0.3 is 9.72 Å². The summed E-state index contributed by atoms with van der Waals surface area (Å²) in [5, 5.41) is 0.881. The average Bonchev–Trinajstić information content (AvgIpc) is 2.78. The van der Waals surface area contributed by atoms with Crippen LogP contribution >= 0.6 is 23.2 Å². The normalized spacial score (nSPS) is 12.2. The first-order valence-electron chi connectivity index (χ1n) is 9.35. The highest BCUT2D eigenvalue weighted by Gasteiger charge is 2.17. The molecule has 4 aromatic rings. The maximum Gasteiger partial charge on any atom is 0.282 e. The highest BCUT2D eigenvalue weighted by atomic mass is 35.5. The van der Waals surface area contributed by atoms with Gasteiger partial charge in [0.15, 0.2) is 0 Å². The first kappa shape index (κ1) is 22.1. The summed E-state index contributed by atoms with van der Waals surface area (Å²) >= 11 is 12.5. The van der Waals surface area contributed by atoms with Crippen molar-refractivity contribution in [2.24, 2.45) is 4.40 Å². The minimum Gasteiger partial charge on any atom is -0.497 e.